The fourth-order valence-corrected chi connectivity index (χ4v) is 2.47. The second-order valence-electron chi connectivity index (χ2n) is 5.96. The summed E-state index contributed by atoms with van der Waals surface area (Å²) in [6.07, 6.45) is 0.152. The number of esters is 1. The van der Waals surface area contributed by atoms with E-state index in [1.807, 2.05) is 6.07 Å². The molecular weight excluding hydrogens is 384 g/mol. The molecule has 1 amide bonds. The molecule has 0 radical (unpaired) electrons. The summed E-state index contributed by atoms with van der Waals surface area (Å²) in [5.41, 5.74) is -0.0786. The van der Waals surface area contributed by atoms with Crippen molar-refractivity contribution < 1.29 is 27.8 Å². The summed E-state index contributed by atoms with van der Waals surface area (Å²) in [4.78, 5) is 24.7. The molecule has 2 aromatic carbocycles. The van der Waals surface area contributed by atoms with Gasteiger partial charge in [-0.3, -0.25) is 4.79 Å². The van der Waals surface area contributed by atoms with Crippen LogP contribution in [-0.4, -0.2) is 34.9 Å². The van der Waals surface area contributed by atoms with Crippen LogP contribution in [0.2, 0.25) is 0 Å². The number of hydrogen-bond acceptors (Lipinski definition) is 5. The van der Waals surface area contributed by atoms with Crippen molar-refractivity contribution in [3.05, 3.63) is 72.1 Å². The molecule has 7 nitrogen and oxygen atoms in total. The molecule has 0 aliphatic carbocycles. The molecule has 1 atom stereocenters. The van der Waals surface area contributed by atoms with Crippen LogP contribution in [0.15, 0.2) is 54.7 Å². The Morgan fingerprint density at radius 3 is 2.34 bits per heavy atom. The minimum Gasteiger partial charge on any atom is -0.493 e. The van der Waals surface area contributed by atoms with Crippen LogP contribution in [0.4, 0.5) is 14.5 Å². The number of rotatable bonds is 6. The predicted octanol–water partition coefficient (Wildman–Crippen LogP) is 3.34. The zero-order chi connectivity index (χ0) is 21.0. The van der Waals surface area contributed by atoms with Crippen molar-refractivity contribution in [3.63, 3.8) is 0 Å². The smallest absolute Gasteiger partial charge is 0.363 e. The molecule has 1 N–H and O–H groups in total. The average molecular weight is 401 g/mol. The van der Waals surface area contributed by atoms with Crippen LogP contribution in [0.5, 0.6) is 5.75 Å². The monoisotopic (exact) mass is 401 g/mol. The largest absolute Gasteiger partial charge is 0.493 e. The molecule has 150 valence electrons. The van der Waals surface area contributed by atoms with Gasteiger partial charge >= 0.3 is 5.97 Å². The Balaban J connectivity index is 1.74. The Hall–Kier alpha value is -3.75. The van der Waals surface area contributed by atoms with Crippen LogP contribution in [0.3, 0.4) is 0 Å². The van der Waals surface area contributed by atoms with Crippen LogP contribution in [-0.2, 0) is 9.53 Å². The molecule has 29 heavy (non-hydrogen) atoms. The minimum atomic E-state index is -1.34. The first kappa shape index (κ1) is 20.0. The number of carbonyl (C=O) groups excluding carboxylic acids is 2. The number of nitrogens with one attached hydrogen (secondary N) is 1. The molecule has 0 bridgehead atoms. The van der Waals surface area contributed by atoms with Crippen molar-refractivity contribution >= 4 is 17.6 Å². The van der Waals surface area contributed by atoms with E-state index in [9.17, 15) is 18.4 Å². The second-order valence-corrected chi connectivity index (χ2v) is 5.96. The number of nitrogens with zero attached hydrogens (tertiary/aromatic N) is 2. The SMILES string of the molecule is COc1cn(-c2ccccc2)nc1C(=O)O[C@@H](C)C(=O)Nc1c(F)cccc1F. The highest BCUT2D eigenvalue weighted by Crippen LogP contribution is 2.22. The highest BCUT2D eigenvalue weighted by Gasteiger charge is 2.26. The van der Waals surface area contributed by atoms with Crippen LogP contribution >= 0.6 is 0 Å². The lowest BCUT2D eigenvalue weighted by molar-refractivity contribution is -0.123. The first-order valence-corrected chi connectivity index (χ1v) is 8.55. The number of ether oxygens (including phenoxy) is 2. The van der Waals surface area contributed by atoms with E-state index >= 15 is 0 Å². The Kier molecular flexibility index (Phi) is 5.87. The van der Waals surface area contributed by atoms with Gasteiger partial charge < -0.3 is 14.8 Å². The first-order valence-electron chi connectivity index (χ1n) is 8.55. The van der Waals surface area contributed by atoms with Gasteiger partial charge in [0.1, 0.15) is 17.3 Å². The highest BCUT2D eigenvalue weighted by molar-refractivity contribution is 5.97. The highest BCUT2D eigenvalue weighted by atomic mass is 19.1. The quantitative estimate of drug-likeness (QED) is 0.641. The van der Waals surface area contributed by atoms with Gasteiger partial charge in [-0.15, -0.1) is 0 Å². The predicted molar refractivity (Wildman–Crippen MR) is 100.0 cm³/mol. The molecular formula is C20H17F2N3O4. The van der Waals surface area contributed by atoms with E-state index in [1.165, 1.54) is 31.0 Å². The number of benzene rings is 2. The zero-order valence-corrected chi connectivity index (χ0v) is 15.6. The molecule has 1 heterocycles. The minimum absolute atomic E-state index is 0.145. The number of aromatic nitrogens is 2. The summed E-state index contributed by atoms with van der Waals surface area (Å²) in [5, 5.41) is 6.21. The molecule has 0 aliphatic rings. The molecule has 0 spiro atoms. The van der Waals surface area contributed by atoms with Crippen molar-refractivity contribution in [2.24, 2.45) is 0 Å². The van der Waals surface area contributed by atoms with Crippen molar-refractivity contribution in [3.8, 4) is 11.4 Å². The normalized spacial score (nSPS) is 11.6. The molecule has 0 saturated heterocycles. The van der Waals surface area contributed by atoms with E-state index in [2.05, 4.69) is 10.4 Å². The number of halogens is 2. The number of methoxy groups -OCH3 is 1. The van der Waals surface area contributed by atoms with Gasteiger partial charge in [0.25, 0.3) is 5.91 Å². The van der Waals surface area contributed by atoms with Crippen molar-refractivity contribution in [1.29, 1.82) is 0 Å². The summed E-state index contributed by atoms with van der Waals surface area (Å²) in [6.45, 7) is 1.27. The maximum Gasteiger partial charge on any atom is 0.363 e. The summed E-state index contributed by atoms with van der Waals surface area (Å²) >= 11 is 0. The second kappa shape index (κ2) is 8.51. The van der Waals surface area contributed by atoms with Gasteiger partial charge in [0.05, 0.1) is 19.0 Å². The molecule has 1 aromatic heterocycles. The van der Waals surface area contributed by atoms with Crippen LogP contribution in [0.25, 0.3) is 5.69 Å². The lowest BCUT2D eigenvalue weighted by Crippen LogP contribution is -2.31. The third kappa shape index (κ3) is 4.40. The van der Waals surface area contributed by atoms with Gasteiger partial charge in [0.15, 0.2) is 11.9 Å². The van der Waals surface area contributed by atoms with Gasteiger partial charge in [-0.1, -0.05) is 24.3 Å². The van der Waals surface area contributed by atoms with Crippen LogP contribution in [0.1, 0.15) is 17.4 Å². The van der Waals surface area contributed by atoms with Crippen molar-refractivity contribution in [2.45, 2.75) is 13.0 Å². The fraction of sp³-hybridized carbons (Fsp3) is 0.150. The van der Waals surface area contributed by atoms with Crippen LogP contribution < -0.4 is 10.1 Å². The molecule has 0 aliphatic heterocycles. The van der Waals surface area contributed by atoms with Gasteiger partial charge in [0, 0.05) is 0 Å². The lowest BCUT2D eigenvalue weighted by Gasteiger charge is -2.14. The van der Waals surface area contributed by atoms with E-state index in [0.29, 0.717) is 5.69 Å². The van der Waals surface area contributed by atoms with Gasteiger partial charge in [-0.25, -0.2) is 18.3 Å². The molecule has 0 unspecified atom stereocenters. The average Bonchev–Trinajstić information content (AvgIpc) is 3.16. The molecule has 3 aromatic rings. The number of para-hydroxylation sites is 2. The van der Waals surface area contributed by atoms with Crippen molar-refractivity contribution in [2.75, 3.05) is 12.4 Å². The molecule has 3 rings (SSSR count). The summed E-state index contributed by atoms with van der Waals surface area (Å²) < 4.78 is 39.0. The third-order valence-electron chi connectivity index (χ3n) is 3.98. The molecule has 0 fully saturated rings. The maximum absolute atomic E-state index is 13.7. The van der Waals surface area contributed by atoms with E-state index in [1.54, 1.807) is 24.3 Å². The third-order valence-corrected chi connectivity index (χ3v) is 3.98. The molecule has 9 heteroatoms. The number of amides is 1. The topological polar surface area (TPSA) is 82.5 Å². The summed E-state index contributed by atoms with van der Waals surface area (Å²) in [6, 6.07) is 12.1. The lowest BCUT2D eigenvalue weighted by atomic mass is 10.2. The number of hydrogen-bond donors (Lipinski definition) is 1. The van der Waals surface area contributed by atoms with E-state index in [0.717, 1.165) is 12.1 Å². The Labute approximate surface area is 164 Å². The zero-order valence-electron chi connectivity index (χ0n) is 15.6. The number of anilines is 1. The van der Waals surface area contributed by atoms with E-state index in [-0.39, 0.29) is 11.4 Å². The maximum atomic E-state index is 13.7. The number of carbonyl (C=O) groups is 2. The summed E-state index contributed by atoms with van der Waals surface area (Å²) in [5.74, 6) is -3.57. The van der Waals surface area contributed by atoms with Crippen LogP contribution in [0, 0.1) is 11.6 Å². The molecule has 0 saturated carbocycles. The standard InChI is InChI=1S/C20H17F2N3O4/c1-12(19(26)23-17-14(21)9-6-10-15(17)22)29-20(27)18-16(28-2)11-25(24-18)13-7-4-3-5-8-13/h3-12H,1-2H3,(H,23,26)/t12-/m0/s1. The Bertz CT molecular complexity index is 1020. The van der Waals surface area contributed by atoms with Crippen molar-refractivity contribution in [1.82, 2.24) is 9.78 Å². The van der Waals surface area contributed by atoms with Gasteiger partial charge in [-0.2, -0.15) is 5.10 Å². The summed E-state index contributed by atoms with van der Waals surface area (Å²) in [7, 11) is 1.36. The van der Waals surface area contributed by atoms with Gasteiger partial charge in [-0.05, 0) is 31.2 Å². The van der Waals surface area contributed by atoms with E-state index < -0.39 is 35.3 Å². The van der Waals surface area contributed by atoms with E-state index in [4.69, 9.17) is 9.47 Å². The Morgan fingerprint density at radius 2 is 1.72 bits per heavy atom. The Morgan fingerprint density at radius 1 is 1.07 bits per heavy atom. The van der Waals surface area contributed by atoms with Gasteiger partial charge in [0.2, 0.25) is 5.69 Å². The first-order chi connectivity index (χ1) is 13.9. The fourth-order valence-electron chi connectivity index (χ4n) is 2.47.